The van der Waals surface area contributed by atoms with E-state index in [9.17, 15) is 4.79 Å². The molecule has 0 spiro atoms. The Morgan fingerprint density at radius 1 is 1.11 bits per heavy atom. The molecule has 0 aliphatic rings. The van der Waals surface area contributed by atoms with E-state index in [1.165, 1.54) is 0 Å². The Morgan fingerprint density at radius 2 is 1.78 bits per heavy atom. The highest BCUT2D eigenvalue weighted by molar-refractivity contribution is 6.05. The minimum absolute atomic E-state index is 0.0611. The van der Waals surface area contributed by atoms with Crippen LogP contribution < -0.4 is 10.6 Å². The van der Waals surface area contributed by atoms with Crippen LogP contribution >= 0.6 is 0 Å². The number of carbonyl (C=O) groups excluding carboxylic acids is 1. The van der Waals surface area contributed by atoms with Gasteiger partial charge in [0.05, 0.1) is 0 Å². The third kappa shape index (κ3) is 2.73. The molecule has 0 aliphatic heterocycles. The summed E-state index contributed by atoms with van der Waals surface area (Å²) in [6.07, 6.45) is 3.22. The van der Waals surface area contributed by atoms with Crippen molar-refractivity contribution in [3.63, 3.8) is 0 Å². The first kappa shape index (κ1) is 12.3. The lowest BCUT2D eigenvalue weighted by Gasteiger charge is -2.22. The lowest BCUT2D eigenvalue weighted by Crippen LogP contribution is -2.35. The summed E-state index contributed by atoms with van der Waals surface area (Å²) in [4.78, 5) is 18.0. The normalized spacial score (nSPS) is 10.1. The van der Waals surface area contributed by atoms with E-state index in [1.807, 2.05) is 30.3 Å². The SMILES string of the molecule is NCCN(C(=O)c1ccncc1)c1ccccc1. The molecule has 0 fully saturated rings. The molecule has 0 saturated heterocycles. The molecule has 0 aliphatic carbocycles. The van der Waals surface area contributed by atoms with Gasteiger partial charge in [-0.2, -0.15) is 0 Å². The van der Waals surface area contributed by atoms with E-state index in [-0.39, 0.29) is 5.91 Å². The number of nitrogens with zero attached hydrogens (tertiary/aromatic N) is 2. The van der Waals surface area contributed by atoms with Gasteiger partial charge in [-0.05, 0) is 24.3 Å². The molecule has 0 unspecified atom stereocenters. The Kier molecular flexibility index (Phi) is 4.04. The minimum atomic E-state index is -0.0611. The highest BCUT2D eigenvalue weighted by Crippen LogP contribution is 2.15. The van der Waals surface area contributed by atoms with Crippen LogP contribution in [0.4, 0.5) is 5.69 Å². The largest absolute Gasteiger partial charge is 0.329 e. The molecule has 2 rings (SSSR count). The van der Waals surface area contributed by atoms with Crippen LogP contribution in [0, 0.1) is 0 Å². The second kappa shape index (κ2) is 5.93. The predicted molar refractivity (Wildman–Crippen MR) is 71.4 cm³/mol. The second-order valence-electron chi connectivity index (χ2n) is 3.82. The molecule has 1 heterocycles. The zero-order valence-corrected chi connectivity index (χ0v) is 9.99. The highest BCUT2D eigenvalue weighted by atomic mass is 16.2. The summed E-state index contributed by atoms with van der Waals surface area (Å²) in [5.74, 6) is -0.0611. The Morgan fingerprint density at radius 3 is 2.39 bits per heavy atom. The van der Waals surface area contributed by atoms with Gasteiger partial charge in [-0.1, -0.05) is 18.2 Å². The number of nitrogens with two attached hydrogens (primary N) is 1. The van der Waals surface area contributed by atoms with Gasteiger partial charge in [0.15, 0.2) is 0 Å². The van der Waals surface area contributed by atoms with Gasteiger partial charge in [-0.3, -0.25) is 9.78 Å². The maximum atomic E-state index is 12.4. The average molecular weight is 241 g/mol. The van der Waals surface area contributed by atoms with Gasteiger partial charge in [0.1, 0.15) is 0 Å². The van der Waals surface area contributed by atoms with Crippen molar-refractivity contribution in [2.45, 2.75) is 0 Å². The number of benzene rings is 1. The summed E-state index contributed by atoms with van der Waals surface area (Å²) >= 11 is 0. The fourth-order valence-electron chi connectivity index (χ4n) is 1.74. The fourth-order valence-corrected chi connectivity index (χ4v) is 1.74. The summed E-state index contributed by atoms with van der Waals surface area (Å²) < 4.78 is 0. The Labute approximate surface area is 106 Å². The van der Waals surface area contributed by atoms with Gasteiger partial charge in [-0.15, -0.1) is 0 Å². The quantitative estimate of drug-likeness (QED) is 0.886. The molecule has 0 saturated carbocycles. The first-order valence-corrected chi connectivity index (χ1v) is 5.80. The Bertz CT molecular complexity index is 499. The fraction of sp³-hybridized carbons (Fsp3) is 0.143. The van der Waals surface area contributed by atoms with Crippen molar-refractivity contribution in [1.82, 2.24) is 4.98 Å². The maximum Gasteiger partial charge on any atom is 0.258 e. The molecule has 0 radical (unpaired) electrons. The third-order valence-corrected chi connectivity index (χ3v) is 2.59. The smallest absolute Gasteiger partial charge is 0.258 e. The highest BCUT2D eigenvalue weighted by Gasteiger charge is 2.16. The molecule has 1 aromatic heterocycles. The predicted octanol–water partition coefficient (Wildman–Crippen LogP) is 1.69. The van der Waals surface area contributed by atoms with Crippen LogP contribution in [0.3, 0.4) is 0 Å². The third-order valence-electron chi connectivity index (χ3n) is 2.59. The monoisotopic (exact) mass is 241 g/mol. The van der Waals surface area contributed by atoms with E-state index >= 15 is 0 Å². The number of aromatic nitrogens is 1. The van der Waals surface area contributed by atoms with Crippen LogP contribution in [0.2, 0.25) is 0 Å². The van der Waals surface area contributed by atoms with Crippen molar-refractivity contribution >= 4 is 11.6 Å². The van der Waals surface area contributed by atoms with E-state index in [2.05, 4.69) is 4.98 Å². The summed E-state index contributed by atoms with van der Waals surface area (Å²) in [6, 6.07) is 12.9. The van der Waals surface area contributed by atoms with Crippen molar-refractivity contribution in [2.24, 2.45) is 5.73 Å². The zero-order valence-electron chi connectivity index (χ0n) is 9.99. The van der Waals surface area contributed by atoms with Gasteiger partial charge in [0, 0.05) is 36.7 Å². The summed E-state index contributed by atoms with van der Waals surface area (Å²) in [5, 5.41) is 0. The number of amides is 1. The van der Waals surface area contributed by atoms with Crippen molar-refractivity contribution in [3.8, 4) is 0 Å². The molecule has 2 aromatic rings. The zero-order chi connectivity index (χ0) is 12.8. The van der Waals surface area contributed by atoms with Crippen LogP contribution in [-0.2, 0) is 0 Å². The molecule has 1 amide bonds. The van der Waals surface area contributed by atoms with Crippen molar-refractivity contribution < 1.29 is 4.79 Å². The lowest BCUT2D eigenvalue weighted by atomic mass is 10.2. The average Bonchev–Trinajstić information content (AvgIpc) is 2.46. The van der Waals surface area contributed by atoms with E-state index in [0.717, 1.165) is 5.69 Å². The van der Waals surface area contributed by atoms with Crippen LogP contribution in [0.25, 0.3) is 0 Å². The van der Waals surface area contributed by atoms with Crippen molar-refractivity contribution in [3.05, 3.63) is 60.4 Å². The number of pyridine rings is 1. The van der Waals surface area contributed by atoms with Crippen LogP contribution in [0.1, 0.15) is 10.4 Å². The summed E-state index contributed by atoms with van der Waals surface area (Å²) in [6.45, 7) is 0.914. The molecule has 0 bridgehead atoms. The molecular formula is C14H15N3O. The van der Waals surface area contributed by atoms with E-state index in [0.29, 0.717) is 18.7 Å². The van der Waals surface area contributed by atoms with Crippen LogP contribution in [0.15, 0.2) is 54.9 Å². The molecule has 1 aromatic carbocycles. The number of para-hydroxylation sites is 1. The molecule has 4 heteroatoms. The number of carbonyl (C=O) groups is 1. The molecule has 18 heavy (non-hydrogen) atoms. The molecule has 2 N–H and O–H groups in total. The number of hydrogen-bond donors (Lipinski definition) is 1. The first-order chi connectivity index (χ1) is 8.83. The summed E-state index contributed by atoms with van der Waals surface area (Å²) in [5.41, 5.74) is 7.04. The molecule has 4 nitrogen and oxygen atoms in total. The molecule has 92 valence electrons. The van der Waals surface area contributed by atoms with E-state index < -0.39 is 0 Å². The standard InChI is InChI=1S/C14H15N3O/c15-8-11-17(13-4-2-1-3-5-13)14(18)12-6-9-16-10-7-12/h1-7,9-10H,8,11,15H2. The van der Waals surface area contributed by atoms with Crippen LogP contribution in [0.5, 0.6) is 0 Å². The second-order valence-corrected chi connectivity index (χ2v) is 3.82. The molecular weight excluding hydrogens is 226 g/mol. The number of rotatable bonds is 4. The number of anilines is 1. The van der Waals surface area contributed by atoms with Gasteiger partial charge in [-0.25, -0.2) is 0 Å². The Hall–Kier alpha value is -2.20. The van der Waals surface area contributed by atoms with Crippen LogP contribution in [-0.4, -0.2) is 24.0 Å². The number of hydrogen-bond acceptors (Lipinski definition) is 3. The van der Waals surface area contributed by atoms with Gasteiger partial charge in [0.25, 0.3) is 5.91 Å². The maximum absolute atomic E-state index is 12.4. The van der Waals surface area contributed by atoms with E-state index in [4.69, 9.17) is 5.73 Å². The lowest BCUT2D eigenvalue weighted by molar-refractivity contribution is 0.0987. The Balaban J connectivity index is 2.29. The van der Waals surface area contributed by atoms with Gasteiger partial charge < -0.3 is 10.6 Å². The van der Waals surface area contributed by atoms with Crippen molar-refractivity contribution in [2.75, 3.05) is 18.0 Å². The summed E-state index contributed by atoms with van der Waals surface area (Å²) in [7, 11) is 0. The molecule has 0 atom stereocenters. The first-order valence-electron chi connectivity index (χ1n) is 5.80. The van der Waals surface area contributed by atoms with Gasteiger partial charge >= 0.3 is 0 Å². The minimum Gasteiger partial charge on any atom is -0.329 e. The van der Waals surface area contributed by atoms with Gasteiger partial charge in [0.2, 0.25) is 0 Å². The van der Waals surface area contributed by atoms with E-state index in [1.54, 1.807) is 29.4 Å². The van der Waals surface area contributed by atoms with Crippen molar-refractivity contribution in [1.29, 1.82) is 0 Å². The topological polar surface area (TPSA) is 59.2 Å².